The molecule has 1 aromatic carbocycles. The number of anilines is 2. The lowest BCUT2D eigenvalue weighted by molar-refractivity contribution is 0.103. The zero-order chi connectivity index (χ0) is 19.8. The summed E-state index contributed by atoms with van der Waals surface area (Å²) in [5.74, 6) is 2.05. The van der Waals surface area contributed by atoms with Gasteiger partial charge in [0.05, 0.1) is 16.7 Å². The van der Waals surface area contributed by atoms with Crippen LogP contribution in [0.3, 0.4) is 0 Å². The van der Waals surface area contributed by atoms with Crippen molar-refractivity contribution in [2.75, 3.05) is 50.0 Å². The van der Waals surface area contributed by atoms with Crippen molar-refractivity contribution in [3.8, 4) is 5.75 Å². The molecule has 0 saturated carbocycles. The highest BCUT2D eigenvalue weighted by Crippen LogP contribution is 2.28. The number of hydrogen-bond donors (Lipinski definition) is 3. The van der Waals surface area contributed by atoms with E-state index in [1.165, 1.54) is 0 Å². The normalized spacial score (nSPS) is 15.4. The summed E-state index contributed by atoms with van der Waals surface area (Å²) in [5.41, 5.74) is 0. The Balaban J connectivity index is 1.37. The van der Waals surface area contributed by atoms with Crippen molar-refractivity contribution < 1.29 is 9.84 Å². The Morgan fingerprint density at radius 3 is 2.68 bits per heavy atom. The summed E-state index contributed by atoms with van der Waals surface area (Å²) in [6, 6.07) is 7.22. The van der Waals surface area contributed by atoms with E-state index in [0.29, 0.717) is 22.5 Å². The average molecular weight is 426 g/mol. The van der Waals surface area contributed by atoms with Gasteiger partial charge in [0.25, 0.3) is 0 Å². The number of hydrogen-bond acceptors (Lipinski definition) is 7. The molecule has 0 spiro atoms. The molecule has 0 atom stereocenters. The lowest BCUT2D eigenvalue weighted by Crippen LogP contribution is -2.40. The molecule has 1 aliphatic rings. The van der Waals surface area contributed by atoms with Crippen LogP contribution in [0.25, 0.3) is 0 Å². The first-order valence-corrected chi connectivity index (χ1v) is 10.2. The van der Waals surface area contributed by atoms with Gasteiger partial charge in [0.2, 0.25) is 5.95 Å². The SMILES string of the molecule is OCCNc1nccc(NCCN2CCC(Oc3ccc(Cl)c(Cl)c3)CC2)n1. The van der Waals surface area contributed by atoms with Crippen molar-refractivity contribution in [3.63, 3.8) is 0 Å². The fourth-order valence-electron chi connectivity index (χ4n) is 3.05. The Bertz CT molecular complexity index is 757. The van der Waals surface area contributed by atoms with Gasteiger partial charge >= 0.3 is 0 Å². The maximum Gasteiger partial charge on any atom is 0.224 e. The number of nitrogens with zero attached hydrogens (tertiary/aromatic N) is 3. The molecule has 0 amide bonds. The minimum Gasteiger partial charge on any atom is -0.490 e. The minimum atomic E-state index is 0.0474. The summed E-state index contributed by atoms with van der Waals surface area (Å²) in [7, 11) is 0. The summed E-state index contributed by atoms with van der Waals surface area (Å²) < 4.78 is 6.03. The Morgan fingerprint density at radius 1 is 1.11 bits per heavy atom. The van der Waals surface area contributed by atoms with Gasteiger partial charge in [-0.15, -0.1) is 0 Å². The number of benzene rings is 1. The number of halogens is 2. The van der Waals surface area contributed by atoms with Gasteiger partial charge < -0.3 is 25.4 Å². The molecular formula is C19H25Cl2N5O2. The highest BCUT2D eigenvalue weighted by atomic mass is 35.5. The fraction of sp³-hybridized carbons (Fsp3) is 0.474. The third-order valence-electron chi connectivity index (χ3n) is 4.51. The topological polar surface area (TPSA) is 82.5 Å². The van der Waals surface area contributed by atoms with Crippen LogP contribution in [0.2, 0.25) is 10.0 Å². The fourth-order valence-corrected chi connectivity index (χ4v) is 3.33. The number of nitrogens with one attached hydrogen (secondary N) is 2. The highest BCUT2D eigenvalue weighted by Gasteiger charge is 2.20. The maximum atomic E-state index is 8.85. The second kappa shape index (κ2) is 10.7. The van der Waals surface area contributed by atoms with Gasteiger partial charge in [0.15, 0.2) is 0 Å². The van der Waals surface area contributed by atoms with Gasteiger partial charge in [-0.25, -0.2) is 4.98 Å². The monoisotopic (exact) mass is 425 g/mol. The van der Waals surface area contributed by atoms with E-state index >= 15 is 0 Å². The highest BCUT2D eigenvalue weighted by molar-refractivity contribution is 6.42. The van der Waals surface area contributed by atoms with Crippen molar-refractivity contribution in [2.24, 2.45) is 0 Å². The van der Waals surface area contributed by atoms with Gasteiger partial charge in [-0.3, -0.25) is 0 Å². The quantitative estimate of drug-likeness (QED) is 0.568. The summed E-state index contributed by atoms with van der Waals surface area (Å²) >= 11 is 12.0. The van der Waals surface area contributed by atoms with Crippen LogP contribution in [0.1, 0.15) is 12.8 Å². The van der Waals surface area contributed by atoms with Crippen molar-refractivity contribution >= 4 is 35.0 Å². The molecule has 3 N–H and O–H groups in total. The zero-order valence-electron chi connectivity index (χ0n) is 15.6. The van der Waals surface area contributed by atoms with Crippen molar-refractivity contribution in [1.29, 1.82) is 0 Å². The van der Waals surface area contributed by atoms with Gasteiger partial charge in [0.1, 0.15) is 17.7 Å². The first-order chi connectivity index (χ1) is 13.6. The molecule has 0 bridgehead atoms. The van der Waals surface area contributed by atoms with Crippen LogP contribution in [0.4, 0.5) is 11.8 Å². The smallest absolute Gasteiger partial charge is 0.224 e. The summed E-state index contributed by atoms with van der Waals surface area (Å²) in [6.45, 7) is 4.19. The van der Waals surface area contributed by atoms with Crippen molar-refractivity contribution in [2.45, 2.75) is 18.9 Å². The summed E-state index contributed by atoms with van der Waals surface area (Å²) in [5, 5.41) is 16.2. The predicted octanol–water partition coefficient (Wildman–Crippen LogP) is 3.14. The number of likely N-dealkylation sites (tertiary alicyclic amines) is 1. The van der Waals surface area contributed by atoms with E-state index in [1.807, 2.05) is 12.1 Å². The van der Waals surface area contributed by atoms with E-state index in [2.05, 4.69) is 25.5 Å². The molecule has 3 rings (SSSR count). The van der Waals surface area contributed by atoms with Gasteiger partial charge in [-0.1, -0.05) is 23.2 Å². The number of ether oxygens (including phenoxy) is 1. The Kier molecular flexibility index (Phi) is 7.97. The van der Waals surface area contributed by atoms with E-state index in [4.69, 9.17) is 33.0 Å². The van der Waals surface area contributed by atoms with Gasteiger partial charge in [-0.05, 0) is 31.0 Å². The lowest BCUT2D eigenvalue weighted by Gasteiger charge is -2.32. The van der Waals surface area contributed by atoms with E-state index in [-0.39, 0.29) is 12.7 Å². The first-order valence-electron chi connectivity index (χ1n) is 9.40. The molecule has 0 unspecified atom stereocenters. The van der Waals surface area contributed by atoms with Gasteiger partial charge in [-0.2, -0.15) is 4.98 Å². The number of rotatable bonds is 9. The second-order valence-electron chi connectivity index (χ2n) is 6.58. The third-order valence-corrected chi connectivity index (χ3v) is 5.25. The standard InChI is InChI=1S/C19H25Cl2N5O2/c20-16-2-1-15(13-17(16)21)28-14-4-9-26(10-5-14)11-7-22-18-3-6-23-19(25-18)24-8-12-27/h1-3,6,13-14,27H,4-5,7-12H2,(H2,22,23,24,25). The number of piperidine rings is 1. The summed E-state index contributed by atoms with van der Waals surface area (Å²) in [6.07, 6.45) is 3.84. The zero-order valence-corrected chi connectivity index (χ0v) is 17.1. The van der Waals surface area contributed by atoms with Crippen LogP contribution >= 0.6 is 23.2 Å². The molecule has 9 heteroatoms. The molecule has 7 nitrogen and oxygen atoms in total. The van der Waals surface area contributed by atoms with Crippen molar-refractivity contribution in [3.05, 3.63) is 40.5 Å². The van der Waals surface area contributed by atoms with E-state index < -0.39 is 0 Å². The molecule has 1 saturated heterocycles. The lowest BCUT2D eigenvalue weighted by atomic mass is 10.1. The van der Waals surface area contributed by atoms with Crippen LogP contribution in [0, 0.1) is 0 Å². The van der Waals surface area contributed by atoms with E-state index in [0.717, 1.165) is 50.6 Å². The van der Waals surface area contributed by atoms with Crippen LogP contribution < -0.4 is 15.4 Å². The molecule has 1 fully saturated rings. The molecule has 1 aromatic heterocycles. The minimum absolute atomic E-state index is 0.0474. The van der Waals surface area contributed by atoms with Crippen LogP contribution in [0.5, 0.6) is 5.75 Å². The Labute approximate surface area is 175 Å². The third kappa shape index (κ3) is 6.38. The number of aliphatic hydroxyl groups excluding tert-OH is 1. The van der Waals surface area contributed by atoms with E-state index in [1.54, 1.807) is 18.3 Å². The number of aliphatic hydroxyl groups is 1. The molecule has 152 valence electrons. The largest absolute Gasteiger partial charge is 0.490 e. The summed E-state index contributed by atoms with van der Waals surface area (Å²) in [4.78, 5) is 10.9. The van der Waals surface area contributed by atoms with Gasteiger partial charge in [0, 0.05) is 45.0 Å². The molecule has 0 aliphatic carbocycles. The second-order valence-corrected chi connectivity index (χ2v) is 7.39. The molecule has 2 aromatic rings. The molecule has 1 aliphatic heterocycles. The molecule has 28 heavy (non-hydrogen) atoms. The molecular weight excluding hydrogens is 401 g/mol. The van der Waals surface area contributed by atoms with Crippen LogP contribution in [0.15, 0.2) is 30.5 Å². The van der Waals surface area contributed by atoms with Crippen LogP contribution in [-0.2, 0) is 0 Å². The van der Waals surface area contributed by atoms with E-state index in [9.17, 15) is 0 Å². The Morgan fingerprint density at radius 2 is 1.93 bits per heavy atom. The molecule has 0 radical (unpaired) electrons. The van der Waals surface area contributed by atoms with Crippen molar-refractivity contribution in [1.82, 2.24) is 14.9 Å². The predicted molar refractivity (Wildman–Crippen MR) is 113 cm³/mol. The average Bonchev–Trinajstić information content (AvgIpc) is 2.71. The first kappa shape index (κ1) is 20.9. The number of aromatic nitrogens is 2. The Hall–Kier alpha value is -1.80. The maximum absolute atomic E-state index is 8.85. The van der Waals surface area contributed by atoms with Crippen LogP contribution in [-0.4, -0.2) is 65.4 Å². The molecule has 2 heterocycles.